The molecule has 22 heavy (non-hydrogen) atoms. The number of carbonyl (C=O) groups excluding carboxylic acids is 2. The van der Waals surface area contributed by atoms with Crippen LogP contribution in [0.3, 0.4) is 0 Å². The molecular weight excluding hydrogens is 372 g/mol. The van der Waals surface area contributed by atoms with Crippen molar-refractivity contribution in [3.05, 3.63) is 28.7 Å². The fourth-order valence-corrected chi connectivity index (χ4v) is 2.40. The Bertz CT molecular complexity index is 674. The van der Waals surface area contributed by atoms with Crippen molar-refractivity contribution in [3.8, 4) is 11.5 Å². The number of urea groups is 1. The number of rotatable bonds is 4. The molecule has 9 heteroatoms. The van der Waals surface area contributed by atoms with Crippen molar-refractivity contribution in [2.45, 2.75) is 17.4 Å². The quantitative estimate of drug-likeness (QED) is 0.785. The van der Waals surface area contributed by atoms with Gasteiger partial charge in [-0.15, -0.1) is 10.2 Å². The van der Waals surface area contributed by atoms with E-state index in [1.165, 1.54) is 7.05 Å². The Hall–Kier alpha value is -1.87. The van der Waals surface area contributed by atoms with Crippen LogP contribution in [0.5, 0.6) is 0 Å². The zero-order chi connectivity index (χ0) is 16.1. The molecule has 2 aromatic rings. The van der Waals surface area contributed by atoms with E-state index in [-0.39, 0.29) is 5.22 Å². The Morgan fingerprint density at radius 3 is 2.59 bits per heavy atom. The van der Waals surface area contributed by atoms with Crippen LogP contribution in [-0.2, 0) is 4.79 Å². The first-order valence-corrected chi connectivity index (χ1v) is 7.95. The van der Waals surface area contributed by atoms with Crippen LogP contribution in [0.1, 0.15) is 6.92 Å². The predicted octanol–water partition coefficient (Wildman–Crippen LogP) is 2.44. The molecule has 1 atom stereocenters. The van der Waals surface area contributed by atoms with Crippen LogP contribution in [0.15, 0.2) is 38.4 Å². The van der Waals surface area contributed by atoms with Crippen molar-refractivity contribution < 1.29 is 14.0 Å². The second-order valence-electron chi connectivity index (χ2n) is 4.21. The molecule has 0 saturated carbocycles. The third kappa shape index (κ3) is 4.31. The van der Waals surface area contributed by atoms with Crippen LogP contribution < -0.4 is 10.6 Å². The molecule has 0 radical (unpaired) electrons. The molecule has 0 spiro atoms. The average Bonchev–Trinajstić information content (AvgIpc) is 2.96. The molecule has 0 unspecified atom stereocenters. The van der Waals surface area contributed by atoms with E-state index in [1.54, 1.807) is 6.92 Å². The third-order valence-corrected chi connectivity index (χ3v) is 4.07. The third-order valence-electron chi connectivity index (χ3n) is 2.61. The summed E-state index contributed by atoms with van der Waals surface area (Å²) in [5, 5.41) is 12.0. The highest BCUT2D eigenvalue weighted by Crippen LogP contribution is 2.26. The summed E-state index contributed by atoms with van der Waals surface area (Å²) < 4.78 is 6.46. The number of hydrogen-bond acceptors (Lipinski definition) is 6. The molecule has 1 heterocycles. The van der Waals surface area contributed by atoms with Gasteiger partial charge in [-0.2, -0.15) is 0 Å². The van der Waals surface area contributed by atoms with Crippen LogP contribution in [0.25, 0.3) is 11.5 Å². The van der Waals surface area contributed by atoms with E-state index in [4.69, 9.17) is 4.42 Å². The Morgan fingerprint density at radius 2 is 1.95 bits per heavy atom. The lowest BCUT2D eigenvalue weighted by atomic mass is 10.2. The average molecular weight is 385 g/mol. The largest absolute Gasteiger partial charge is 0.411 e. The number of nitrogens with one attached hydrogen (secondary N) is 2. The topological polar surface area (TPSA) is 97.1 Å². The van der Waals surface area contributed by atoms with Gasteiger partial charge in [0.1, 0.15) is 0 Å². The van der Waals surface area contributed by atoms with E-state index < -0.39 is 17.2 Å². The first kappa shape index (κ1) is 16.5. The number of amides is 3. The molecule has 0 aliphatic heterocycles. The van der Waals surface area contributed by atoms with Gasteiger partial charge in [-0.3, -0.25) is 10.1 Å². The van der Waals surface area contributed by atoms with Gasteiger partial charge in [0, 0.05) is 17.1 Å². The number of aromatic nitrogens is 2. The lowest BCUT2D eigenvalue weighted by Gasteiger charge is -2.07. The zero-order valence-electron chi connectivity index (χ0n) is 11.8. The van der Waals surface area contributed by atoms with Crippen molar-refractivity contribution in [1.29, 1.82) is 0 Å². The van der Waals surface area contributed by atoms with Gasteiger partial charge in [-0.05, 0) is 31.2 Å². The van der Waals surface area contributed by atoms with Gasteiger partial charge in [-0.1, -0.05) is 27.7 Å². The van der Waals surface area contributed by atoms with Gasteiger partial charge in [0.2, 0.25) is 11.8 Å². The van der Waals surface area contributed by atoms with Crippen molar-refractivity contribution >= 4 is 39.6 Å². The second-order valence-corrected chi connectivity index (χ2v) is 6.42. The van der Waals surface area contributed by atoms with Crippen LogP contribution >= 0.6 is 27.7 Å². The van der Waals surface area contributed by atoms with Gasteiger partial charge < -0.3 is 9.73 Å². The highest BCUT2D eigenvalue weighted by Gasteiger charge is 2.20. The maximum absolute atomic E-state index is 11.7. The Kier molecular flexibility index (Phi) is 5.56. The first-order chi connectivity index (χ1) is 10.5. The van der Waals surface area contributed by atoms with Crippen LogP contribution in [0.4, 0.5) is 4.79 Å². The second kappa shape index (κ2) is 7.41. The number of imide groups is 1. The maximum Gasteiger partial charge on any atom is 0.321 e. The lowest BCUT2D eigenvalue weighted by Crippen LogP contribution is -2.41. The predicted molar refractivity (Wildman–Crippen MR) is 85.4 cm³/mol. The molecule has 1 aromatic carbocycles. The molecule has 0 saturated heterocycles. The molecule has 2 rings (SSSR count). The van der Waals surface area contributed by atoms with E-state index in [0.29, 0.717) is 5.89 Å². The molecule has 0 fully saturated rings. The number of thioether (sulfide) groups is 1. The first-order valence-electron chi connectivity index (χ1n) is 6.28. The van der Waals surface area contributed by atoms with Crippen LogP contribution in [-0.4, -0.2) is 34.4 Å². The number of carbonyl (C=O) groups is 2. The number of nitrogens with zero attached hydrogens (tertiary/aromatic N) is 2. The van der Waals surface area contributed by atoms with Gasteiger partial charge in [0.25, 0.3) is 5.22 Å². The molecule has 7 nitrogen and oxygen atoms in total. The molecule has 116 valence electrons. The Morgan fingerprint density at radius 1 is 1.27 bits per heavy atom. The van der Waals surface area contributed by atoms with Crippen molar-refractivity contribution in [3.63, 3.8) is 0 Å². The summed E-state index contributed by atoms with van der Waals surface area (Å²) in [6, 6.07) is 6.86. The minimum Gasteiger partial charge on any atom is -0.411 e. The molecule has 0 aliphatic rings. The minimum atomic E-state index is -0.557. The normalized spacial score (nSPS) is 11.8. The highest BCUT2D eigenvalue weighted by molar-refractivity contribution is 9.10. The lowest BCUT2D eigenvalue weighted by molar-refractivity contribution is -0.119. The van der Waals surface area contributed by atoms with Crippen LogP contribution in [0.2, 0.25) is 0 Å². The Balaban J connectivity index is 2.01. The Labute approximate surface area is 139 Å². The summed E-state index contributed by atoms with van der Waals surface area (Å²) in [5.41, 5.74) is 0.782. The summed E-state index contributed by atoms with van der Waals surface area (Å²) >= 11 is 4.43. The van der Waals surface area contributed by atoms with Crippen molar-refractivity contribution in [2.75, 3.05) is 7.05 Å². The molecule has 3 amide bonds. The molecule has 1 aromatic heterocycles. The SMILES string of the molecule is CNC(=O)NC(=O)[C@@H](C)Sc1nnc(-c2ccc(Br)cc2)o1. The molecule has 0 aliphatic carbocycles. The molecule has 0 bridgehead atoms. The fraction of sp³-hybridized carbons (Fsp3) is 0.231. The fourth-order valence-electron chi connectivity index (χ4n) is 1.45. The van der Waals surface area contributed by atoms with Gasteiger partial charge in [0.15, 0.2) is 0 Å². The number of hydrogen-bond donors (Lipinski definition) is 2. The van der Waals surface area contributed by atoms with E-state index in [1.807, 2.05) is 24.3 Å². The van der Waals surface area contributed by atoms with E-state index >= 15 is 0 Å². The number of benzene rings is 1. The van der Waals surface area contributed by atoms with Crippen molar-refractivity contribution in [1.82, 2.24) is 20.8 Å². The molecular formula is C13H13BrN4O3S. The monoisotopic (exact) mass is 384 g/mol. The summed E-state index contributed by atoms with van der Waals surface area (Å²) in [4.78, 5) is 22.8. The van der Waals surface area contributed by atoms with Gasteiger partial charge >= 0.3 is 6.03 Å². The van der Waals surface area contributed by atoms with E-state index in [9.17, 15) is 9.59 Å². The highest BCUT2D eigenvalue weighted by atomic mass is 79.9. The van der Waals surface area contributed by atoms with Crippen molar-refractivity contribution in [2.24, 2.45) is 0 Å². The summed E-state index contributed by atoms with van der Waals surface area (Å²) in [7, 11) is 1.43. The van der Waals surface area contributed by atoms with Crippen LogP contribution in [0, 0.1) is 0 Å². The zero-order valence-corrected chi connectivity index (χ0v) is 14.2. The smallest absolute Gasteiger partial charge is 0.321 e. The number of halogens is 1. The standard InChI is InChI=1S/C13H13BrN4O3S/c1-7(10(19)16-12(20)15-2)22-13-18-17-11(21-13)8-3-5-9(14)6-4-8/h3-7H,1-2H3,(H2,15,16,19,20)/t7-/m1/s1. The maximum atomic E-state index is 11.7. The summed E-state index contributed by atoms with van der Waals surface area (Å²) in [5.74, 6) is -0.0679. The van der Waals surface area contributed by atoms with E-state index in [0.717, 1.165) is 21.8 Å². The summed E-state index contributed by atoms with van der Waals surface area (Å²) in [6.07, 6.45) is 0. The van der Waals surface area contributed by atoms with E-state index in [2.05, 4.69) is 36.8 Å². The summed E-state index contributed by atoms with van der Waals surface area (Å²) in [6.45, 7) is 1.65. The minimum absolute atomic E-state index is 0.262. The van der Waals surface area contributed by atoms with Gasteiger partial charge in [0.05, 0.1) is 5.25 Å². The molecule has 2 N–H and O–H groups in total. The van der Waals surface area contributed by atoms with Gasteiger partial charge in [-0.25, -0.2) is 4.79 Å².